The van der Waals surface area contributed by atoms with E-state index in [0.717, 1.165) is 0 Å². The Morgan fingerprint density at radius 1 is 1.12 bits per heavy atom. The van der Waals surface area contributed by atoms with Crippen molar-refractivity contribution in [2.45, 2.75) is 5.88 Å². The number of nitrogens with zero attached hydrogens (tertiary/aromatic N) is 2. The average molecular weight is 255 g/mol. The summed E-state index contributed by atoms with van der Waals surface area (Å²) in [5.74, 6) is 1.28. The maximum Gasteiger partial charge on any atom is 0.228 e. The number of alkyl halides is 1. The Morgan fingerprint density at radius 2 is 1.88 bits per heavy atom. The molecule has 0 amide bonds. The van der Waals surface area contributed by atoms with Crippen molar-refractivity contribution in [2.24, 2.45) is 0 Å². The van der Waals surface area contributed by atoms with E-state index in [4.69, 9.17) is 27.9 Å². The molecule has 3 nitrogen and oxygen atoms in total. The van der Waals surface area contributed by atoms with Gasteiger partial charge in [-0.05, 0) is 12.1 Å². The van der Waals surface area contributed by atoms with Crippen LogP contribution in [0.2, 0.25) is 5.15 Å². The number of hydrogen-bond acceptors (Lipinski definition) is 3. The molecule has 0 aliphatic heterocycles. The Balaban J connectivity index is 2.31. The second-order valence-electron chi connectivity index (χ2n) is 3.00. The molecular weight excluding hydrogens is 247 g/mol. The summed E-state index contributed by atoms with van der Waals surface area (Å²) in [4.78, 5) is 7.85. The van der Waals surface area contributed by atoms with E-state index in [1.807, 2.05) is 30.3 Å². The van der Waals surface area contributed by atoms with Crippen LogP contribution in [0.25, 0.3) is 0 Å². The first-order valence-electron chi connectivity index (χ1n) is 4.59. The van der Waals surface area contributed by atoms with E-state index in [-0.39, 0.29) is 5.88 Å². The first-order chi connectivity index (χ1) is 7.81. The highest BCUT2D eigenvalue weighted by Gasteiger charge is 2.10. The maximum atomic E-state index is 5.88. The first kappa shape index (κ1) is 11.2. The van der Waals surface area contributed by atoms with Gasteiger partial charge in [-0.1, -0.05) is 29.8 Å². The zero-order valence-electron chi connectivity index (χ0n) is 8.23. The topological polar surface area (TPSA) is 35.0 Å². The van der Waals surface area contributed by atoms with Crippen LogP contribution < -0.4 is 4.74 Å². The summed E-state index contributed by atoms with van der Waals surface area (Å²) < 4.78 is 5.56. The van der Waals surface area contributed by atoms with Gasteiger partial charge in [0.05, 0.1) is 11.4 Å². The predicted octanol–water partition coefficient (Wildman–Crippen LogP) is 3.66. The van der Waals surface area contributed by atoms with Crippen molar-refractivity contribution in [2.75, 3.05) is 0 Å². The number of rotatable bonds is 3. The zero-order valence-corrected chi connectivity index (χ0v) is 9.74. The molecule has 16 heavy (non-hydrogen) atoms. The highest BCUT2D eigenvalue weighted by Crippen LogP contribution is 2.27. The van der Waals surface area contributed by atoms with Crippen molar-refractivity contribution >= 4 is 23.2 Å². The summed E-state index contributed by atoms with van der Waals surface area (Å²) in [5.41, 5.74) is 0.592. The molecule has 0 unspecified atom stereocenters. The fourth-order valence-corrected chi connectivity index (χ4v) is 1.68. The molecule has 2 rings (SSSR count). The molecule has 0 radical (unpaired) electrons. The van der Waals surface area contributed by atoms with E-state index in [1.54, 1.807) is 0 Å². The second kappa shape index (κ2) is 5.14. The highest BCUT2D eigenvalue weighted by atomic mass is 35.5. The molecule has 5 heteroatoms. The van der Waals surface area contributed by atoms with Crippen molar-refractivity contribution < 1.29 is 4.74 Å². The Hall–Kier alpha value is -1.32. The van der Waals surface area contributed by atoms with Gasteiger partial charge in [0, 0.05) is 0 Å². The number of benzene rings is 1. The van der Waals surface area contributed by atoms with Crippen molar-refractivity contribution in [1.29, 1.82) is 0 Å². The minimum atomic E-state index is 0.210. The number of para-hydroxylation sites is 1. The average Bonchev–Trinajstić information content (AvgIpc) is 2.31. The number of ether oxygens (including phenoxy) is 1. The fraction of sp³-hybridized carbons (Fsp3) is 0.0909. The minimum Gasteiger partial charge on any atom is -0.439 e. The van der Waals surface area contributed by atoms with Crippen LogP contribution in [0, 0.1) is 0 Å². The zero-order chi connectivity index (χ0) is 11.4. The van der Waals surface area contributed by atoms with Gasteiger partial charge in [-0.25, -0.2) is 9.97 Å². The van der Waals surface area contributed by atoms with Gasteiger partial charge in [-0.3, -0.25) is 0 Å². The van der Waals surface area contributed by atoms with Gasteiger partial charge in [0.25, 0.3) is 0 Å². The molecule has 0 aliphatic rings. The van der Waals surface area contributed by atoms with Gasteiger partial charge >= 0.3 is 0 Å². The van der Waals surface area contributed by atoms with Gasteiger partial charge < -0.3 is 4.74 Å². The third-order valence-electron chi connectivity index (χ3n) is 1.94. The van der Waals surface area contributed by atoms with Crippen LogP contribution in [-0.4, -0.2) is 9.97 Å². The van der Waals surface area contributed by atoms with E-state index in [0.29, 0.717) is 22.3 Å². The van der Waals surface area contributed by atoms with Gasteiger partial charge in [-0.15, -0.1) is 11.6 Å². The van der Waals surface area contributed by atoms with E-state index < -0.39 is 0 Å². The molecule has 0 fully saturated rings. The summed E-state index contributed by atoms with van der Waals surface area (Å²) >= 11 is 11.6. The molecule has 0 bridgehead atoms. The Morgan fingerprint density at radius 3 is 2.56 bits per heavy atom. The maximum absolute atomic E-state index is 5.88. The van der Waals surface area contributed by atoms with Gasteiger partial charge in [0.15, 0.2) is 0 Å². The van der Waals surface area contributed by atoms with Gasteiger partial charge in [0.1, 0.15) is 17.2 Å². The molecule has 1 heterocycles. The van der Waals surface area contributed by atoms with Crippen LogP contribution in [0.5, 0.6) is 11.6 Å². The molecule has 1 aromatic heterocycles. The fourth-order valence-electron chi connectivity index (χ4n) is 1.18. The van der Waals surface area contributed by atoms with Crippen molar-refractivity contribution in [3.8, 4) is 11.6 Å². The Labute approximate surface area is 103 Å². The molecule has 0 atom stereocenters. The highest BCUT2D eigenvalue weighted by molar-refractivity contribution is 6.31. The minimum absolute atomic E-state index is 0.210. The summed E-state index contributed by atoms with van der Waals surface area (Å²) in [7, 11) is 0. The molecule has 82 valence electrons. The van der Waals surface area contributed by atoms with E-state index in [1.165, 1.54) is 6.33 Å². The quantitative estimate of drug-likeness (QED) is 0.620. The monoisotopic (exact) mass is 254 g/mol. The number of halogens is 2. The molecule has 0 saturated heterocycles. The normalized spacial score (nSPS) is 10.1. The molecule has 0 N–H and O–H groups in total. The van der Waals surface area contributed by atoms with E-state index >= 15 is 0 Å². The summed E-state index contributed by atoms with van der Waals surface area (Å²) in [6.07, 6.45) is 1.34. The molecular formula is C11H8Cl2N2O. The second-order valence-corrected chi connectivity index (χ2v) is 3.62. The molecule has 0 spiro atoms. The lowest BCUT2D eigenvalue weighted by Gasteiger charge is -2.08. The smallest absolute Gasteiger partial charge is 0.228 e. The molecule has 1 aromatic carbocycles. The molecule has 0 saturated carbocycles. The van der Waals surface area contributed by atoms with Crippen LogP contribution in [0.4, 0.5) is 0 Å². The standard InChI is InChI=1S/C11H8Cl2N2O/c12-6-9-10(13)14-7-15-11(9)16-8-4-2-1-3-5-8/h1-5,7H,6H2. The number of aromatic nitrogens is 2. The first-order valence-corrected chi connectivity index (χ1v) is 5.50. The Kier molecular flexibility index (Phi) is 3.59. The lowest BCUT2D eigenvalue weighted by Crippen LogP contribution is -1.95. The number of hydrogen-bond donors (Lipinski definition) is 0. The van der Waals surface area contributed by atoms with Crippen molar-refractivity contribution in [3.63, 3.8) is 0 Å². The SMILES string of the molecule is ClCc1c(Cl)ncnc1Oc1ccccc1. The Bertz CT molecular complexity index is 477. The van der Waals surface area contributed by atoms with E-state index in [2.05, 4.69) is 9.97 Å². The van der Waals surface area contributed by atoms with Crippen molar-refractivity contribution in [1.82, 2.24) is 9.97 Å². The van der Waals surface area contributed by atoms with Gasteiger partial charge in [-0.2, -0.15) is 0 Å². The lowest BCUT2D eigenvalue weighted by molar-refractivity contribution is 0.457. The third kappa shape index (κ3) is 2.43. The van der Waals surface area contributed by atoms with E-state index in [9.17, 15) is 0 Å². The lowest BCUT2D eigenvalue weighted by atomic mass is 10.3. The summed E-state index contributed by atoms with van der Waals surface area (Å²) in [6.45, 7) is 0. The van der Waals surface area contributed by atoms with Crippen LogP contribution in [0.15, 0.2) is 36.7 Å². The largest absolute Gasteiger partial charge is 0.439 e. The van der Waals surface area contributed by atoms with Crippen LogP contribution in [0.3, 0.4) is 0 Å². The van der Waals surface area contributed by atoms with Gasteiger partial charge in [0.2, 0.25) is 5.88 Å². The summed E-state index contributed by atoms with van der Waals surface area (Å²) in [5, 5.41) is 0.316. The predicted molar refractivity (Wildman–Crippen MR) is 63.1 cm³/mol. The summed E-state index contributed by atoms with van der Waals surface area (Å²) in [6, 6.07) is 9.31. The molecule has 2 aromatic rings. The third-order valence-corrected chi connectivity index (χ3v) is 2.54. The van der Waals surface area contributed by atoms with Crippen LogP contribution in [-0.2, 0) is 5.88 Å². The van der Waals surface area contributed by atoms with Crippen LogP contribution >= 0.6 is 23.2 Å². The van der Waals surface area contributed by atoms with Crippen LogP contribution in [0.1, 0.15) is 5.56 Å². The molecule has 0 aliphatic carbocycles. The van der Waals surface area contributed by atoms with Crippen molar-refractivity contribution in [3.05, 3.63) is 47.4 Å².